The number of terminal acetylenes is 1. The second-order valence-electron chi connectivity index (χ2n) is 14.8. The lowest BCUT2D eigenvalue weighted by Gasteiger charge is -2.15. The van der Waals surface area contributed by atoms with Gasteiger partial charge in [-0.3, -0.25) is 10.0 Å². The molecule has 4 saturated carbocycles. The first-order valence-electron chi connectivity index (χ1n) is 19.5. The van der Waals surface area contributed by atoms with Crippen LogP contribution < -0.4 is 21.9 Å². The summed E-state index contributed by atoms with van der Waals surface area (Å²) < 4.78 is 0. The molecule has 0 aromatic heterocycles. The van der Waals surface area contributed by atoms with Crippen LogP contribution in [0.5, 0.6) is 0 Å². The highest BCUT2D eigenvalue weighted by Crippen LogP contribution is 2.32. The van der Waals surface area contributed by atoms with Gasteiger partial charge in [-0.05, 0) is 82.3 Å². The van der Waals surface area contributed by atoms with E-state index in [-0.39, 0.29) is 48.1 Å². The number of nitrogens with one attached hydrogen (secondary N) is 4. The van der Waals surface area contributed by atoms with E-state index in [1.54, 1.807) is 0 Å². The van der Waals surface area contributed by atoms with Crippen molar-refractivity contribution in [2.45, 2.75) is 121 Å². The van der Waals surface area contributed by atoms with Crippen molar-refractivity contribution in [1.29, 1.82) is 0 Å². The smallest absolute Gasteiger partial charge is 0.0677 e. The summed E-state index contributed by atoms with van der Waals surface area (Å²) in [5, 5.41) is 42.1. The molecule has 0 bridgehead atoms. The van der Waals surface area contributed by atoms with Gasteiger partial charge in [-0.15, -0.1) is 29.3 Å². The number of aliphatic hydroxyl groups is 4. The first-order valence-corrected chi connectivity index (χ1v) is 19.5. The third-order valence-corrected chi connectivity index (χ3v) is 10.9. The molecule has 2 aromatic rings. The van der Waals surface area contributed by atoms with Crippen LogP contribution in [-0.4, -0.2) is 54.9 Å². The average molecular weight is 725 g/mol. The molecule has 2 aromatic carbocycles. The molecule has 0 saturated heterocycles. The maximum Gasteiger partial charge on any atom is 0.0677 e. The molecule has 4 aliphatic carbocycles. The van der Waals surface area contributed by atoms with Gasteiger partial charge in [0.25, 0.3) is 0 Å². The van der Waals surface area contributed by atoms with Crippen molar-refractivity contribution in [2.24, 2.45) is 23.7 Å². The Balaban J connectivity index is 0.000000145. The predicted molar refractivity (Wildman–Crippen MR) is 208 cm³/mol. The summed E-state index contributed by atoms with van der Waals surface area (Å²) in [5.41, 5.74) is 17.4. The van der Waals surface area contributed by atoms with Crippen LogP contribution in [0.3, 0.4) is 0 Å². The van der Waals surface area contributed by atoms with Gasteiger partial charge < -0.3 is 31.3 Å². The number of hydrazine groups is 4. The van der Waals surface area contributed by atoms with Gasteiger partial charge in [-0.1, -0.05) is 79.4 Å². The Morgan fingerprint density at radius 2 is 1.00 bits per heavy atom. The van der Waals surface area contributed by atoms with Crippen LogP contribution in [0.25, 0.3) is 0 Å². The van der Waals surface area contributed by atoms with Crippen LogP contribution in [0.2, 0.25) is 0 Å². The lowest BCUT2D eigenvalue weighted by molar-refractivity contribution is 0.144. The fourth-order valence-corrected chi connectivity index (χ4v) is 7.88. The molecular weight excluding hydrogens is 665 g/mol. The molecule has 10 nitrogen and oxygen atoms in total. The third-order valence-electron chi connectivity index (χ3n) is 10.9. The first kappa shape index (κ1) is 40.2. The maximum absolute atomic E-state index is 9.90. The minimum atomic E-state index is -0.208. The predicted octanol–water partition coefficient (Wildman–Crippen LogP) is 4.98. The molecule has 0 unspecified atom stereocenters. The van der Waals surface area contributed by atoms with E-state index in [4.69, 9.17) is 11.5 Å². The Bertz CT molecular complexity index is 1470. The number of rotatable bonds is 6. The summed E-state index contributed by atoms with van der Waals surface area (Å²) in [6.45, 7) is 3.46. The zero-order chi connectivity index (χ0) is 37.4. The molecule has 0 spiro atoms. The highest BCUT2D eigenvalue weighted by atomic mass is 16.3. The molecule has 2 aliphatic heterocycles. The number of hydrogen-bond acceptors (Lipinski definition) is 10. The van der Waals surface area contributed by atoms with Crippen molar-refractivity contribution in [3.63, 3.8) is 0 Å². The van der Waals surface area contributed by atoms with Crippen molar-refractivity contribution in [2.75, 3.05) is 0 Å². The topological polar surface area (TPSA) is 136 Å². The van der Waals surface area contributed by atoms with Crippen LogP contribution in [-0.2, 0) is 13.1 Å². The molecule has 2 heterocycles. The minimum absolute atomic E-state index is 0.141. The van der Waals surface area contributed by atoms with E-state index in [0.29, 0.717) is 0 Å². The normalized spacial score (nSPS) is 29.7. The number of benzene rings is 2. The zero-order valence-electron chi connectivity index (χ0n) is 31.2. The quantitative estimate of drug-likeness (QED) is 0.193. The Morgan fingerprint density at radius 3 is 1.34 bits per heavy atom. The zero-order valence-corrected chi connectivity index (χ0v) is 31.2. The van der Waals surface area contributed by atoms with Crippen LogP contribution in [0.15, 0.2) is 84.5 Å². The third kappa shape index (κ3) is 12.3. The monoisotopic (exact) mass is 724 g/mol. The van der Waals surface area contributed by atoms with Crippen LogP contribution in [0, 0.1) is 47.9 Å². The van der Waals surface area contributed by atoms with Crippen molar-refractivity contribution in [3.8, 4) is 24.2 Å². The van der Waals surface area contributed by atoms with Gasteiger partial charge in [0.1, 0.15) is 0 Å². The second kappa shape index (κ2) is 21.0. The maximum atomic E-state index is 9.90. The van der Waals surface area contributed by atoms with Gasteiger partial charge in [0.2, 0.25) is 0 Å². The first-order chi connectivity index (χ1) is 25.8. The standard InChI is InChI=1S/2C14H19N3O.C8H12O.C7H10O/c2*18-14-8-4-7-12(14)13-10-17(16-15-13)9-11-5-2-1-3-6-11;1-2-4-7-5-3-6-8(7)9;1-2-6-4-3-5-7(6)8/h2*1-3,5-6,10,12,14-16,18H,4,7-9H2;7-9H,3,5-6H2,1H3;1,6-8H,3-5H2/t2*12-,14+;7-,8-;6-,7-/m1100/s1. The Kier molecular flexibility index (Phi) is 16.0. The molecule has 10 heteroatoms. The highest BCUT2D eigenvalue weighted by Gasteiger charge is 2.32. The molecule has 8 atom stereocenters. The summed E-state index contributed by atoms with van der Waals surface area (Å²) >= 11 is 0. The largest absolute Gasteiger partial charge is 0.392 e. The van der Waals surface area contributed by atoms with E-state index >= 15 is 0 Å². The van der Waals surface area contributed by atoms with E-state index in [1.165, 1.54) is 11.1 Å². The Labute approximate surface area is 316 Å². The van der Waals surface area contributed by atoms with Crippen molar-refractivity contribution in [3.05, 3.63) is 95.6 Å². The number of nitrogens with zero attached hydrogens (tertiary/aromatic N) is 2. The van der Waals surface area contributed by atoms with Gasteiger partial charge in [0.05, 0.1) is 48.9 Å². The van der Waals surface area contributed by atoms with Gasteiger partial charge in [-0.2, -0.15) is 0 Å². The molecule has 4 fully saturated rings. The van der Waals surface area contributed by atoms with E-state index < -0.39 is 0 Å². The second-order valence-corrected chi connectivity index (χ2v) is 14.8. The van der Waals surface area contributed by atoms with E-state index in [1.807, 2.05) is 53.3 Å². The molecule has 8 rings (SSSR count). The summed E-state index contributed by atoms with van der Waals surface area (Å²) in [6, 6.07) is 20.7. The Morgan fingerprint density at radius 1 is 0.585 bits per heavy atom. The van der Waals surface area contributed by atoms with Crippen molar-refractivity contribution >= 4 is 0 Å². The highest BCUT2D eigenvalue weighted by molar-refractivity contribution is 5.18. The Hall–Kier alpha value is -4.00. The van der Waals surface area contributed by atoms with Crippen molar-refractivity contribution in [1.82, 2.24) is 31.9 Å². The van der Waals surface area contributed by atoms with E-state index in [0.717, 1.165) is 102 Å². The fourth-order valence-electron chi connectivity index (χ4n) is 7.88. The van der Waals surface area contributed by atoms with E-state index in [9.17, 15) is 15.3 Å². The molecule has 0 radical (unpaired) electrons. The van der Waals surface area contributed by atoms with Gasteiger partial charge in [0, 0.05) is 36.1 Å². The summed E-state index contributed by atoms with van der Waals surface area (Å²) in [7, 11) is 0. The van der Waals surface area contributed by atoms with Crippen LogP contribution in [0.4, 0.5) is 0 Å². The summed E-state index contributed by atoms with van der Waals surface area (Å²) in [5.74, 6) is 9.33. The van der Waals surface area contributed by atoms with Gasteiger partial charge in [0.15, 0.2) is 0 Å². The van der Waals surface area contributed by atoms with Gasteiger partial charge >= 0.3 is 0 Å². The molecule has 6 aliphatic rings. The average Bonchev–Trinajstić information content (AvgIpc) is 4.04. The lowest BCUT2D eigenvalue weighted by Crippen LogP contribution is -2.37. The molecule has 0 amide bonds. The minimum Gasteiger partial charge on any atom is -0.392 e. The SMILES string of the molecule is C#C[C@H]1CCC[C@@H]1O.CC#C[C@H]1CCC[C@@H]1O.O[C@H]1CCC[C@@H]1C1=CN(Cc2ccccc2)NN1.O[C@H]1CCC[C@@H]1C1=CN(Cc2ccccc2)NN1. The molecule has 8 N–H and O–H groups in total. The molecular formula is C43H60N6O4. The van der Waals surface area contributed by atoms with Crippen LogP contribution in [0.1, 0.15) is 95.1 Å². The van der Waals surface area contributed by atoms with Gasteiger partial charge in [-0.25, -0.2) is 0 Å². The fraction of sp³-hybridized carbons (Fsp3) is 0.535. The van der Waals surface area contributed by atoms with Crippen molar-refractivity contribution < 1.29 is 20.4 Å². The number of hydrogen-bond donors (Lipinski definition) is 8. The molecule has 53 heavy (non-hydrogen) atoms. The summed E-state index contributed by atoms with van der Waals surface area (Å²) in [6.07, 6.45) is 20.9. The van der Waals surface area contributed by atoms with E-state index in [2.05, 4.69) is 76.3 Å². The summed E-state index contributed by atoms with van der Waals surface area (Å²) in [4.78, 5) is 0. The van der Waals surface area contributed by atoms with Crippen LogP contribution >= 0.6 is 0 Å². The lowest BCUT2D eigenvalue weighted by atomic mass is 10.0. The molecule has 286 valence electrons. The number of aliphatic hydroxyl groups excluding tert-OH is 4.